The summed E-state index contributed by atoms with van der Waals surface area (Å²) in [6, 6.07) is 26.0. The molecule has 0 aromatic heterocycles. The van der Waals surface area contributed by atoms with E-state index in [1.165, 1.54) is 17.8 Å². The van der Waals surface area contributed by atoms with Gasteiger partial charge in [-0.25, -0.2) is 0 Å². The predicted molar refractivity (Wildman–Crippen MR) is 178 cm³/mol. The van der Waals surface area contributed by atoms with Crippen molar-refractivity contribution in [1.82, 2.24) is 5.32 Å². The van der Waals surface area contributed by atoms with Crippen LogP contribution in [0.1, 0.15) is 34.8 Å². The second kappa shape index (κ2) is 15.1. The van der Waals surface area contributed by atoms with E-state index in [2.05, 4.69) is 16.0 Å². The summed E-state index contributed by atoms with van der Waals surface area (Å²) in [5, 5.41) is 9.26. The summed E-state index contributed by atoms with van der Waals surface area (Å²) < 4.78 is 0. The smallest absolute Gasteiger partial charge is 0.272 e. The van der Waals surface area contributed by atoms with Crippen LogP contribution in [0.15, 0.2) is 102 Å². The summed E-state index contributed by atoms with van der Waals surface area (Å²) in [7, 11) is 0. The van der Waals surface area contributed by atoms with Gasteiger partial charge < -0.3 is 16.0 Å². The third-order valence-corrected chi connectivity index (χ3v) is 8.71. The van der Waals surface area contributed by atoms with Gasteiger partial charge in [-0.3, -0.25) is 14.4 Å². The van der Waals surface area contributed by atoms with Crippen LogP contribution in [0.4, 0.5) is 11.4 Å². The molecule has 4 aromatic rings. The van der Waals surface area contributed by atoms with Crippen molar-refractivity contribution in [3.63, 3.8) is 0 Å². The summed E-state index contributed by atoms with van der Waals surface area (Å²) in [6.07, 6.45) is 2.01. The van der Waals surface area contributed by atoms with E-state index < -0.39 is 17.1 Å². The van der Waals surface area contributed by atoms with Gasteiger partial charge in [-0.1, -0.05) is 78.1 Å². The summed E-state index contributed by atoms with van der Waals surface area (Å²) in [4.78, 5) is 40.3. The largest absolute Gasteiger partial charge is 0.325 e. The minimum absolute atomic E-state index is 0.0514. The molecule has 0 heterocycles. The fourth-order valence-electron chi connectivity index (χ4n) is 3.96. The Morgan fingerprint density at radius 1 is 0.791 bits per heavy atom. The van der Waals surface area contributed by atoms with Crippen molar-refractivity contribution in [2.24, 2.45) is 0 Å². The number of hydrogen-bond acceptors (Lipinski definition) is 4. The van der Waals surface area contributed by atoms with Crippen LogP contribution in [0, 0.1) is 6.92 Å². The van der Waals surface area contributed by atoms with E-state index in [1.54, 1.807) is 72.8 Å². The van der Waals surface area contributed by atoms with Gasteiger partial charge in [0.2, 0.25) is 5.91 Å². The topological polar surface area (TPSA) is 87.3 Å². The Morgan fingerprint density at radius 2 is 1.47 bits per heavy atom. The molecular weight excluding hydrogens is 625 g/mol. The predicted octanol–water partition coefficient (Wildman–Crippen LogP) is 8.87. The average Bonchev–Trinajstić information content (AvgIpc) is 2.99. The van der Waals surface area contributed by atoms with Gasteiger partial charge in [-0.15, -0.1) is 11.8 Å². The molecule has 0 spiro atoms. The molecule has 0 aliphatic carbocycles. The average molecular weight is 653 g/mol. The van der Waals surface area contributed by atoms with Crippen LogP contribution >= 0.6 is 46.6 Å². The fraction of sp³-hybridized carbons (Fsp3) is 0.121. The Labute approximate surface area is 269 Å². The van der Waals surface area contributed by atoms with Crippen molar-refractivity contribution in [2.45, 2.75) is 30.4 Å². The number of thioether (sulfide) groups is 1. The van der Waals surface area contributed by atoms with Crippen molar-refractivity contribution in [1.29, 1.82) is 0 Å². The summed E-state index contributed by atoms with van der Waals surface area (Å²) in [5.41, 5.74) is 2.73. The van der Waals surface area contributed by atoms with E-state index in [-0.39, 0.29) is 11.6 Å². The monoisotopic (exact) mass is 651 g/mol. The van der Waals surface area contributed by atoms with Crippen molar-refractivity contribution in [2.75, 3.05) is 10.6 Å². The quantitative estimate of drug-likeness (QED) is 0.118. The van der Waals surface area contributed by atoms with Gasteiger partial charge in [0.05, 0.1) is 5.25 Å². The molecule has 0 aliphatic rings. The molecule has 1 unspecified atom stereocenters. The molecule has 3 amide bonds. The lowest BCUT2D eigenvalue weighted by atomic mass is 10.1. The molecule has 43 heavy (non-hydrogen) atoms. The number of aryl methyl sites for hydroxylation is 1. The van der Waals surface area contributed by atoms with Gasteiger partial charge in [-0.2, -0.15) is 0 Å². The Morgan fingerprint density at radius 3 is 2.14 bits per heavy atom. The number of carbonyl (C=O) groups is 3. The number of benzene rings is 4. The van der Waals surface area contributed by atoms with E-state index in [0.717, 1.165) is 10.5 Å². The molecule has 3 N–H and O–H groups in total. The van der Waals surface area contributed by atoms with Crippen LogP contribution in [0.25, 0.3) is 6.08 Å². The van der Waals surface area contributed by atoms with E-state index in [0.29, 0.717) is 44.0 Å². The lowest BCUT2D eigenvalue weighted by Crippen LogP contribution is -2.30. The second-order valence-corrected chi connectivity index (χ2v) is 12.0. The highest BCUT2D eigenvalue weighted by Crippen LogP contribution is 2.30. The zero-order valence-corrected chi connectivity index (χ0v) is 26.4. The van der Waals surface area contributed by atoms with Gasteiger partial charge in [0, 0.05) is 42.5 Å². The summed E-state index contributed by atoms with van der Waals surface area (Å²) >= 11 is 20.3. The first kappa shape index (κ1) is 32.2. The maximum Gasteiger partial charge on any atom is 0.272 e. The molecule has 1 atom stereocenters. The molecule has 0 saturated heterocycles. The first-order valence-electron chi connectivity index (χ1n) is 13.3. The van der Waals surface area contributed by atoms with Crippen LogP contribution < -0.4 is 16.0 Å². The highest BCUT2D eigenvalue weighted by molar-refractivity contribution is 8.00. The van der Waals surface area contributed by atoms with E-state index >= 15 is 0 Å². The Balaban J connectivity index is 1.53. The molecular formula is C33H28Cl3N3O3S. The molecule has 0 aliphatic heterocycles. The van der Waals surface area contributed by atoms with Crippen LogP contribution in [0.3, 0.4) is 0 Å². The van der Waals surface area contributed by atoms with Crippen LogP contribution in [-0.4, -0.2) is 23.0 Å². The molecule has 0 radical (unpaired) electrons. The number of amides is 3. The molecule has 220 valence electrons. The van der Waals surface area contributed by atoms with Crippen molar-refractivity contribution in [3.05, 3.63) is 128 Å². The van der Waals surface area contributed by atoms with Crippen molar-refractivity contribution in [3.8, 4) is 0 Å². The van der Waals surface area contributed by atoms with Gasteiger partial charge >= 0.3 is 0 Å². The molecule has 0 bridgehead atoms. The second-order valence-electron chi connectivity index (χ2n) is 9.46. The lowest BCUT2D eigenvalue weighted by Gasteiger charge is -2.16. The minimum atomic E-state index is -0.580. The Bertz CT molecular complexity index is 1660. The third-order valence-electron chi connectivity index (χ3n) is 6.29. The molecule has 0 saturated carbocycles. The summed E-state index contributed by atoms with van der Waals surface area (Å²) in [5.74, 6) is -1.21. The highest BCUT2D eigenvalue weighted by atomic mass is 35.5. The maximum absolute atomic E-state index is 13.5. The Kier molecular flexibility index (Phi) is 11.3. The van der Waals surface area contributed by atoms with E-state index in [9.17, 15) is 14.4 Å². The van der Waals surface area contributed by atoms with Crippen LogP contribution in [0.2, 0.25) is 15.1 Å². The minimum Gasteiger partial charge on any atom is -0.325 e. The SMILES string of the molecule is CCC(Sc1cccc(NC(=O)/C(=C\c2c(Cl)cccc2Cl)NC(=O)c2ccccc2)c1)C(=O)Nc1ccc(C)c(Cl)c1. The van der Waals surface area contributed by atoms with Crippen molar-refractivity contribution >= 4 is 81.7 Å². The molecule has 0 fully saturated rings. The lowest BCUT2D eigenvalue weighted by molar-refractivity contribution is -0.116. The standard InChI is InChI=1S/C33H28Cl3N3O3S/c1-3-30(33(42)38-23-16-15-20(2)28(36)18-23)43-24-12-7-11-22(17-24)37-32(41)29(19-25-26(34)13-8-14-27(25)35)39-31(40)21-9-5-4-6-10-21/h4-19,30H,3H2,1-2H3,(H,37,41)(H,38,42)(H,39,40)/b29-19+. The van der Waals surface area contributed by atoms with Crippen LogP contribution in [-0.2, 0) is 9.59 Å². The third kappa shape index (κ3) is 8.88. The maximum atomic E-state index is 13.5. The first-order valence-corrected chi connectivity index (χ1v) is 15.3. The fourth-order valence-corrected chi connectivity index (χ4v) is 5.66. The summed E-state index contributed by atoms with van der Waals surface area (Å²) in [6.45, 7) is 3.82. The number of halogens is 3. The van der Waals surface area contributed by atoms with E-state index in [4.69, 9.17) is 34.8 Å². The van der Waals surface area contributed by atoms with Gasteiger partial charge in [0.1, 0.15) is 5.70 Å². The van der Waals surface area contributed by atoms with Gasteiger partial charge in [0.25, 0.3) is 11.8 Å². The Hall–Kier alpha value is -3.75. The highest BCUT2D eigenvalue weighted by Gasteiger charge is 2.20. The normalized spacial score (nSPS) is 11.9. The number of rotatable bonds is 10. The van der Waals surface area contributed by atoms with E-state index in [1.807, 2.05) is 32.0 Å². The number of anilines is 2. The number of carbonyl (C=O) groups excluding carboxylic acids is 3. The zero-order valence-electron chi connectivity index (χ0n) is 23.3. The molecule has 6 nitrogen and oxygen atoms in total. The van der Waals surface area contributed by atoms with Gasteiger partial charge in [0.15, 0.2) is 0 Å². The number of nitrogens with one attached hydrogen (secondary N) is 3. The first-order chi connectivity index (χ1) is 20.6. The molecule has 4 aromatic carbocycles. The van der Waals surface area contributed by atoms with Crippen LogP contribution in [0.5, 0.6) is 0 Å². The number of hydrogen-bond donors (Lipinski definition) is 3. The molecule has 10 heteroatoms. The zero-order chi connectivity index (χ0) is 30.9. The molecule has 4 rings (SSSR count). The van der Waals surface area contributed by atoms with Gasteiger partial charge in [-0.05, 0) is 79.6 Å². The van der Waals surface area contributed by atoms with Crippen molar-refractivity contribution < 1.29 is 14.4 Å².